The first-order valence-electron chi connectivity index (χ1n) is 11.5. The summed E-state index contributed by atoms with van der Waals surface area (Å²) in [6, 6.07) is 5.22. The van der Waals surface area contributed by atoms with Crippen LogP contribution < -0.4 is 10.1 Å². The van der Waals surface area contributed by atoms with Crippen molar-refractivity contribution in [3.63, 3.8) is 0 Å². The third kappa shape index (κ3) is 5.25. The monoisotopic (exact) mass is 519 g/mol. The second kappa shape index (κ2) is 9.96. The van der Waals surface area contributed by atoms with Gasteiger partial charge in [0.2, 0.25) is 11.8 Å². The molecule has 1 aliphatic rings. The molecule has 12 heteroatoms. The van der Waals surface area contributed by atoms with Crippen LogP contribution >= 0.6 is 11.6 Å². The molecule has 3 aromatic rings. The number of halogens is 3. The molecule has 2 atom stereocenters. The smallest absolute Gasteiger partial charge is 0.303 e. The van der Waals surface area contributed by atoms with E-state index in [1.54, 1.807) is 30.0 Å². The largest absolute Gasteiger partial charge is 0.481 e. The Kier molecular flexibility index (Phi) is 7.12. The van der Waals surface area contributed by atoms with E-state index < -0.39 is 17.7 Å². The van der Waals surface area contributed by atoms with Gasteiger partial charge in [-0.15, -0.1) is 0 Å². The van der Waals surface area contributed by atoms with E-state index in [0.29, 0.717) is 46.6 Å². The minimum atomic E-state index is -3.10. The van der Waals surface area contributed by atoms with Crippen molar-refractivity contribution in [2.75, 3.05) is 25.5 Å². The zero-order chi connectivity index (χ0) is 26.2. The number of likely N-dealkylation sites (tertiary alicyclic amines) is 1. The summed E-state index contributed by atoms with van der Waals surface area (Å²) in [6.45, 7) is 5.50. The number of nitrogens with one attached hydrogen (secondary N) is 1. The van der Waals surface area contributed by atoms with Crippen molar-refractivity contribution in [3.8, 4) is 17.3 Å². The summed E-state index contributed by atoms with van der Waals surface area (Å²) in [5, 5.41) is 7.91. The normalized spacial score (nSPS) is 16.8. The number of methoxy groups -OCH3 is 1. The molecule has 1 unspecified atom stereocenters. The van der Waals surface area contributed by atoms with Gasteiger partial charge in [-0.1, -0.05) is 11.6 Å². The maximum atomic E-state index is 13.7. The third-order valence-corrected chi connectivity index (χ3v) is 6.56. The Hall–Kier alpha value is -3.34. The zero-order valence-corrected chi connectivity index (χ0v) is 21.5. The molecule has 1 amide bonds. The Labute approximate surface area is 212 Å². The fraction of sp³-hybridized carbons (Fsp3) is 0.458. The van der Waals surface area contributed by atoms with Gasteiger partial charge in [0, 0.05) is 50.9 Å². The second-order valence-electron chi connectivity index (χ2n) is 8.98. The van der Waals surface area contributed by atoms with Crippen molar-refractivity contribution in [1.29, 1.82) is 0 Å². The Morgan fingerprint density at radius 3 is 2.72 bits per heavy atom. The first-order chi connectivity index (χ1) is 17.0. The predicted octanol–water partition coefficient (Wildman–Crippen LogP) is 4.17. The van der Waals surface area contributed by atoms with Gasteiger partial charge in [0.15, 0.2) is 11.6 Å². The SMILES string of the molecule is COc1cc(C(C)C(=O)N2CC[C@H](Nc3ccc(-c4nc(C(C)(F)F)n(C)n4)c(C)n3)C2)c(Cl)cn1. The summed E-state index contributed by atoms with van der Waals surface area (Å²) in [5.74, 6) is -2.75. The van der Waals surface area contributed by atoms with Crippen molar-refractivity contribution in [1.82, 2.24) is 29.6 Å². The van der Waals surface area contributed by atoms with E-state index in [2.05, 4.69) is 25.4 Å². The summed E-state index contributed by atoms with van der Waals surface area (Å²) in [7, 11) is 2.95. The molecule has 0 saturated carbocycles. The minimum absolute atomic E-state index is 0.0136. The molecule has 1 N–H and O–H groups in total. The molecule has 0 radical (unpaired) electrons. The summed E-state index contributed by atoms with van der Waals surface area (Å²) >= 11 is 6.28. The van der Waals surface area contributed by atoms with Crippen LogP contribution in [-0.4, -0.2) is 61.8 Å². The van der Waals surface area contributed by atoms with Gasteiger partial charge >= 0.3 is 5.92 Å². The van der Waals surface area contributed by atoms with Crippen molar-refractivity contribution in [2.45, 2.75) is 45.1 Å². The standard InChI is InChI=1S/C24H28ClF2N7O2/c1-13(17-10-20(36-5)28-11-18(17)25)22(35)34-9-8-15(12-34)30-19-7-6-16(14(2)29-19)21-31-23(24(3,26)27)33(4)32-21/h6-7,10-11,13,15H,8-9,12H2,1-5H3,(H,29,30)/t13?,15-/m0/s1. The molecular weight excluding hydrogens is 492 g/mol. The number of hydrogen-bond acceptors (Lipinski definition) is 7. The topological polar surface area (TPSA) is 98.1 Å². The number of nitrogens with zero attached hydrogens (tertiary/aromatic N) is 6. The molecule has 36 heavy (non-hydrogen) atoms. The van der Waals surface area contributed by atoms with Gasteiger partial charge in [-0.05, 0) is 38.0 Å². The molecule has 0 bridgehead atoms. The minimum Gasteiger partial charge on any atom is -0.481 e. The summed E-state index contributed by atoms with van der Waals surface area (Å²) < 4.78 is 33.7. The molecule has 1 fully saturated rings. The maximum absolute atomic E-state index is 13.7. The van der Waals surface area contributed by atoms with Gasteiger partial charge < -0.3 is 15.0 Å². The van der Waals surface area contributed by atoms with Crippen LogP contribution in [0.15, 0.2) is 24.4 Å². The lowest BCUT2D eigenvalue weighted by molar-refractivity contribution is -0.131. The lowest BCUT2D eigenvalue weighted by atomic mass is 10.0. The first kappa shape index (κ1) is 25.7. The summed E-state index contributed by atoms with van der Waals surface area (Å²) in [4.78, 5) is 27.6. The highest BCUT2D eigenvalue weighted by molar-refractivity contribution is 6.31. The third-order valence-electron chi connectivity index (χ3n) is 6.24. The number of carbonyl (C=O) groups is 1. The number of ether oxygens (including phenoxy) is 1. The summed E-state index contributed by atoms with van der Waals surface area (Å²) in [5.41, 5.74) is 1.86. The molecule has 4 rings (SSSR count). The molecule has 1 saturated heterocycles. The average Bonchev–Trinajstić information content (AvgIpc) is 3.45. The number of aryl methyl sites for hydroxylation is 2. The fourth-order valence-corrected chi connectivity index (χ4v) is 4.60. The van der Waals surface area contributed by atoms with Crippen LogP contribution in [0, 0.1) is 6.92 Å². The molecule has 0 aromatic carbocycles. The lowest BCUT2D eigenvalue weighted by Crippen LogP contribution is -2.34. The maximum Gasteiger partial charge on any atom is 0.303 e. The molecule has 4 heterocycles. The Bertz CT molecular complexity index is 1280. The predicted molar refractivity (Wildman–Crippen MR) is 131 cm³/mol. The Balaban J connectivity index is 1.42. The van der Waals surface area contributed by atoms with Gasteiger partial charge in [0.25, 0.3) is 0 Å². The number of anilines is 1. The van der Waals surface area contributed by atoms with Crippen LogP contribution in [0.2, 0.25) is 5.02 Å². The van der Waals surface area contributed by atoms with Crippen LogP contribution in [0.4, 0.5) is 14.6 Å². The lowest BCUT2D eigenvalue weighted by Gasteiger charge is -2.22. The van der Waals surface area contributed by atoms with Gasteiger partial charge in [-0.3, -0.25) is 4.79 Å². The quantitative estimate of drug-likeness (QED) is 0.500. The highest BCUT2D eigenvalue weighted by atomic mass is 35.5. The highest BCUT2D eigenvalue weighted by Crippen LogP contribution is 2.31. The Morgan fingerprint density at radius 2 is 2.08 bits per heavy atom. The number of hydrogen-bond donors (Lipinski definition) is 1. The molecule has 9 nitrogen and oxygen atoms in total. The van der Waals surface area contributed by atoms with E-state index >= 15 is 0 Å². The Morgan fingerprint density at radius 1 is 1.33 bits per heavy atom. The van der Waals surface area contributed by atoms with Crippen molar-refractivity contribution >= 4 is 23.3 Å². The van der Waals surface area contributed by atoms with Gasteiger partial charge in [0.05, 0.1) is 23.7 Å². The van der Waals surface area contributed by atoms with E-state index in [4.69, 9.17) is 16.3 Å². The highest BCUT2D eigenvalue weighted by Gasteiger charge is 2.32. The van der Waals surface area contributed by atoms with Gasteiger partial charge in [-0.25, -0.2) is 19.6 Å². The number of pyridine rings is 2. The van der Waals surface area contributed by atoms with Crippen LogP contribution in [0.5, 0.6) is 5.88 Å². The molecule has 3 aromatic heterocycles. The van der Waals surface area contributed by atoms with E-state index in [9.17, 15) is 13.6 Å². The molecule has 0 spiro atoms. The zero-order valence-electron chi connectivity index (χ0n) is 20.7. The van der Waals surface area contributed by atoms with Crippen LogP contribution in [0.3, 0.4) is 0 Å². The molecule has 0 aliphatic carbocycles. The molecular formula is C24H28ClF2N7O2. The van der Waals surface area contributed by atoms with Crippen LogP contribution in [0.1, 0.15) is 43.3 Å². The van der Waals surface area contributed by atoms with Crippen molar-refractivity contribution in [3.05, 3.63) is 46.5 Å². The van der Waals surface area contributed by atoms with E-state index in [-0.39, 0.29) is 17.8 Å². The number of carbonyl (C=O) groups excluding carboxylic acids is 1. The number of aromatic nitrogens is 5. The van der Waals surface area contributed by atoms with Crippen molar-refractivity contribution in [2.24, 2.45) is 7.05 Å². The van der Waals surface area contributed by atoms with Crippen LogP contribution in [0.25, 0.3) is 11.4 Å². The van der Waals surface area contributed by atoms with E-state index in [0.717, 1.165) is 18.0 Å². The van der Waals surface area contributed by atoms with E-state index in [1.807, 2.05) is 6.92 Å². The van der Waals surface area contributed by atoms with Crippen molar-refractivity contribution < 1.29 is 18.3 Å². The number of rotatable bonds is 7. The van der Waals surface area contributed by atoms with Gasteiger partial charge in [-0.2, -0.15) is 13.9 Å². The molecule has 1 aliphatic heterocycles. The summed E-state index contributed by atoms with van der Waals surface area (Å²) in [6.07, 6.45) is 2.24. The van der Waals surface area contributed by atoms with Crippen LogP contribution in [-0.2, 0) is 17.8 Å². The van der Waals surface area contributed by atoms with Gasteiger partial charge in [0.1, 0.15) is 5.82 Å². The van der Waals surface area contributed by atoms with E-state index in [1.165, 1.54) is 20.4 Å². The average molecular weight is 520 g/mol. The fourth-order valence-electron chi connectivity index (χ4n) is 4.33. The number of alkyl halides is 2. The number of amides is 1. The first-order valence-corrected chi connectivity index (χ1v) is 11.9. The molecule has 192 valence electrons. The second-order valence-corrected chi connectivity index (χ2v) is 9.39.